The number of benzene rings is 1. The van der Waals surface area contributed by atoms with Gasteiger partial charge < -0.3 is 60.7 Å². The Morgan fingerprint density at radius 1 is 0.931 bits per heavy atom. The van der Waals surface area contributed by atoms with Crippen LogP contribution < -0.4 is 14.8 Å². The average molecular weight is 419 g/mol. The number of phenolic OH excluding ortho intramolecular Hbond substituents is 3. The Morgan fingerprint density at radius 2 is 1.52 bits per heavy atom. The summed E-state index contributed by atoms with van der Waals surface area (Å²) in [5.41, 5.74) is -0.755. The summed E-state index contributed by atoms with van der Waals surface area (Å²) in [6.45, 7) is -0.472. The minimum atomic E-state index is -3.88. The fourth-order valence-electron chi connectivity index (χ4n) is 3.49. The molecular weight excluding hydrogens is 398 g/mol. The lowest BCUT2D eigenvalue weighted by Gasteiger charge is -2.30. The van der Waals surface area contributed by atoms with Crippen molar-refractivity contribution >= 4 is 5.91 Å². The van der Waals surface area contributed by atoms with Gasteiger partial charge in [-0.15, -0.1) is 0 Å². The maximum absolute atomic E-state index is 11.6. The number of amides is 1. The highest BCUT2D eigenvalue weighted by Gasteiger charge is 2.52. The van der Waals surface area contributed by atoms with E-state index in [0.29, 0.717) is 12.8 Å². The van der Waals surface area contributed by atoms with Crippen molar-refractivity contribution in [1.29, 1.82) is 0 Å². The van der Waals surface area contributed by atoms with Crippen LogP contribution in [0.1, 0.15) is 37.2 Å². The standard InChI is InChI=1S/C16H21NO12/c18-8-7(6-5-17-13(21)15(6,23)24)9(19)11(28-14(22)3-1-2-4-14)12(10(8)20)29-16(25,26)27/h6,18-20,22-27H,1-5H2,(H,17,21). The van der Waals surface area contributed by atoms with Crippen molar-refractivity contribution < 1.29 is 60.2 Å². The summed E-state index contributed by atoms with van der Waals surface area (Å²) in [4.78, 5) is 11.6. The molecule has 1 unspecified atom stereocenters. The van der Waals surface area contributed by atoms with E-state index in [9.17, 15) is 35.4 Å². The van der Waals surface area contributed by atoms with Crippen LogP contribution in [0.15, 0.2) is 0 Å². The van der Waals surface area contributed by atoms with Gasteiger partial charge in [-0.1, -0.05) is 0 Å². The van der Waals surface area contributed by atoms with E-state index >= 15 is 0 Å². The van der Waals surface area contributed by atoms with Crippen LogP contribution in [0.3, 0.4) is 0 Å². The first-order chi connectivity index (χ1) is 13.3. The maximum atomic E-state index is 11.6. The number of carbonyl (C=O) groups excluding carboxylic acids is 1. The Hall–Kier alpha value is -2.55. The summed E-state index contributed by atoms with van der Waals surface area (Å²) >= 11 is 0. The highest BCUT2D eigenvalue weighted by Crippen LogP contribution is 2.57. The van der Waals surface area contributed by atoms with Crippen LogP contribution in [0.2, 0.25) is 0 Å². The first-order valence-electron chi connectivity index (χ1n) is 8.58. The van der Waals surface area contributed by atoms with E-state index < -0.39 is 70.4 Å². The third-order valence-electron chi connectivity index (χ3n) is 4.92. The summed E-state index contributed by atoms with van der Waals surface area (Å²) < 4.78 is 9.63. The number of carbonyl (C=O) groups is 1. The van der Waals surface area contributed by atoms with Crippen LogP contribution in [0.25, 0.3) is 0 Å². The largest absolute Gasteiger partial charge is 0.504 e. The Labute approximate surface area is 162 Å². The van der Waals surface area contributed by atoms with Crippen molar-refractivity contribution in [2.24, 2.45) is 0 Å². The highest BCUT2D eigenvalue weighted by molar-refractivity contribution is 5.88. The molecule has 0 aromatic heterocycles. The lowest BCUT2D eigenvalue weighted by Crippen LogP contribution is -2.41. The molecule has 1 amide bonds. The molecule has 13 heteroatoms. The summed E-state index contributed by atoms with van der Waals surface area (Å²) in [7, 11) is 0. The van der Waals surface area contributed by atoms with Gasteiger partial charge in [-0.3, -0.25) is 4.79 Å². The molecule has 1 saturated carbocycles. The normalized spacial score (nSPS) is 23.1. The zero-order chi connectivity index (χ0) is 21.8. The summed E-state index contributed by atoms with van der Waals surface area (Å²) in [6.07, 6.45) is -2.65. The lowest BCUT2D eigenvalue weighted by atomic mass is 9.90. The number of aliphatic hydroxyl groups is 6. The molecule has 0 spiro atoms. The number of aromatic hydroxyl groups is 3. The van der Waals surface area contributed by atoms with Gasteiger partial charge in [-0.25, -0.2) is 0 Å². The third-order valence-corrected chi connectivity index (χ3v) is 4.92. The average Bonchev–Trinajstić information content (AvgIpc) is 3.14. The predicted octanol–water partition coefficient (Wildman–Crippen LogP) is -2.69. The smallest absolute Gasteiger partial charge is 0.453 e. The van der Waals surface area contributed by atoms with Crippen LogP contribution in [-0.4, -0.2) is 76.1 Å². The molecule has 10 N–H and O–H groups in total. The molecule has 2 fully saturated rings. The molecule has 1 aliphatic heterocycles. The van der Waals surface area contributed by atoms with Crippen LogP contribution in [0, 0.1) is 0 Å². The van der Waals surface area contributed by atoms with E-state index in [1.54, 1.807) is 0 Å². The molecule has 29 heavy (non-hydrogen) atoms. The van der Waals surface area contributed by atoms with Gasteiger partial charge in [-0.2, -0.15) is 0 Å². The molecule has 1 aliphatic carbocycles. The second-order valence-electron chi connectivity index (χ2n) is 7.04. The van der Waals surface area contributed by atoms with E-state index in [1.807, 2.05) is 0 Å². The quantitative estimate of drug-likeness (QED) is 0.134. The van der Waals surface area contributed by atoms with Crippen LogP contribution in [0.4, 0.5) is 0 Å². The van der Waals surface area contributed by atoms with Crippen molar-refractivity contribution in [3.05, 3.63) is 5.56 Å². The van der Waals surface area contributed by atoms with Gasteiger partial charge in [0.2, 0.25) is 23.0 Å². The molecule has 1 aromatic rings. The highest BCUT2D eigenvalue weighted by atomic mass is 16.9. The fraction of sp³-hybridized carbons (Fsp3) is 0.562. The van der Waals surface area contributed by atoms with E-state index in [4.69, 9.17) is 20.1 Å². The minimum Gasteiger partial charge on any atom is -0.504 e. The summed E-state index contributed by atoms with van der Waals surface area (Å²) in [5, 5.41) is 91.0. The fourth-order valence-corrected chi connectivity index (χ4v) is 3.49. The second kappa shape index (κ2) is 6.76. The van der Waals surface area contributed by atoms with Crippen molar-refractivity contribution in [2.75, 3.05) is 6.54 Å². The van der Waals surface area contributed by atoms with Gasteiger partial charge in [-0.05, 0) is 12.8 Å². The zero-order valence-electron chi connectivity index (χ0n) is 14.9. The molecule has 1 saturated heterocycles. The van der Waals surface area contributed by atoms with Crippen molar-refractivity contribution in [1.82, 2.24) is 5.32 Å². The number of ether oxygens (including phenoxy) is 2. The van der Waals surface area contributed by atoms with Crippen molar-refractivity contribution in [3.8, 4) is 28.7 Å². The van der Waals surface area contributed by atoms with Gasteiger partial charge in [0.25, 0.3) is 11.7 Å². The molecule has 0 bridgehead atoms. The molecule has 0 radical (unpaired) electrons. The van der Waals surface area contributed by atoms with Gasteiger partial charge >= 0.3 is 6.16 Å². The number of hydrogen-bond donors (Lipinski definition) is 10. The zero-order valence-corrected chi connectivity index (χ0v) is 14.9. The molecule has 162 valence electrons. The Bertz CT molecular complexity index is 824. The molecule has 2 aliphatic rings. The number of hydrogen-bond acceptors (Lipinski definition) is 12. The monoisotopic (exact) mass is 419 g/mol. The molecule has 1 heterocycles. The summed E-state index contributed by atoms with van der Waals surface area (Å²) in [6, 6.07) is 0. The van der Waals surface area contributed by atoms with E-state index in [1.165, 1.54) is 0 Å². The number of rotatable bonds is 5. The van der Waals surface area contributed by atoms with Crippen LogP contribution in [0.5, 0.6) is 28.7 Å². The lowest BCUT2D eigenvalue weighted by molar-refractivity contribution is -0.420. The molecule has 13 nitrogen and oxygen atoms in total. The number of phenols is 3. The SMILES string of the molecule is O=C1NCC(c2c(O)c(O)c(OC(O)(O)O)c(OC3(O)CCCC3)c2O)C1(O)O. The molecule has 3 rings (SSSR count). The summed E-state index contributed by atoms with van der Waals surface area (Å²) in [5.74, 6) is -13.6. The van der Waals surface area contributed by atoms with Crippen molar-refractivity contribution in [3.63, 3.8) is 0 Å². The van der Waals surface area contributed by atoms with Gasteiger partial charge in [0, 0.05) is 19.4 Å². The van der Waals surface area contributed by atoms with Gasteiger partial charge in [0.1, 0.15) is 0 Å². The third kappa shape index (κ3) is 3.71. The van der Waals surface area contributed by atoms with E-state index in [2.05, 4.69) is 10.1 Å². The molecule has 1 aromatic carbocycles. The van der Waals surface area contributed by atoms with Crippen LogP contribution >= 0.6 is 0 Å². The van der Waals surface area contributed by atoms with Gasteiger partial charge in [0.15, 0.2) is 11.5 Å². The maximum Gasteiger partial charge on any atom is 0.453 e. The first-order valence-corrected chi connectivity index (χ1v) is 8.58. The second-order valence-corrected chi connectivity index (χ2v) is 7.04. The van der Waals surface area contributed by atoms with Crippen LogP contribution in [-0.2, 0) is 4.79 Å². The molecular formula is C16H21NO12. The Kier molecular flexibility index (Phi) is 4.93. The van der Waals surface area contributed by atoms with Gasteiger partial charge in [0.05, 0.1) is 11.5 Å². The Morgan fingerprint density at radius 3 is 2.00 bits per heavy atom. The molecule has 1 atom stereocenters. The topological polar surface area (TPSA) is 230 Å². The Balaban J connectivity index is 2.20. The van der Waals surface area contributed by atoms with E-state index in [-0.39, 0.29) is 12.8 Å². The number of nitrogens with one attached hydrogen (secondary N) is 1. The van der Waals surface area contributed by atoms with E-state index in [0.717, 1.165) is 0 Å². The predicted molar refractivity (Wildman–Crippen MR) is 88.4 cm³/mol. The minimum absolute atomic E-state index is 0.0821. The van der Waals surface area contributed by atoms with Crippen molar-refractivity contribution in [2.45, 2.75) is 49.3 Å². The first kappa shape index (κ1) is 21.2.